The lowest BCUT2D eigenvalue weighted by Crippen LogP contribution is -2.42. The molecule has 1 aromatic carbocycles. The van der Waals surface area contributed by atoms with Gasteiger partial charge in [-0.1, -0.05) is 0 Å². The molecule has 0 spiro atoms. The topological polar surface area (TPSA) is 60.0 Å². The van der Waals surface area contributed by atoms with Gasteiger partial charge in [-0.3, -0.25) is 4.79 Å². The second kappa shape index (κ2) is 8.62. The number of amides is 1. The number of carbonyl (C=O) groups excluding carboxylic acids is 1. The van der Waals surface area contributed by atoms with Gasteiger partial charge in [-0.15, -0.1) is 0 Å². The third kappa shape index (κ3) is 3.75. The van der Waals surface area contributed by atoms with Crippen LogP contribution in [0.4, 0.5) is 0 Å². The molecule has 1 aromatic rings. The first-order valence-corrected chi connectivity index (χ1v) is 9.79. The van der Waals surface area contributed by atoms with Crippen molar-refractivity contribution in [1.82, 2.24) is 10.2 Å². The number of hydrogen-bond acceptors (Lipinski definition) is 5. The van der Waals surface area contributed by atoms with Gasteiger partial charge in [-0.05, 0) is 58.7 Å². The lowest BCUT2D eigenvalue weighted by atomic mass is 10.1. The molecule has 0 saturated carbocycles. The van der Waals surface area contributed by atoms with E-state index in [1.54, 1.807) is 12.1 Å². The molecule has 2 aliphatic rings. The second-order valence-corrected chi connectivity index (χ2v) is 6.69. The molecule has 2 bridgehead atoms. The van der Waals surface area contributed by atoms with Crippen molar-refractivity contribution < 1.29 is 19.0 Å². The number of fused-ring (bicyclic) bond motifs is 2. The Morgan fingerprint density at radius 1 is 1.00 bits per heavy atom. The maximum absolute atomic E-state index is 13.3. The molecule has 2 atom stereocenters. The van der Waals surface area contributed by atoms with Crippen LogP contribution in [0.25, 0.3) is 0 Å². The molecule has 0 aromatic heterocycles. The van der Waals surface area contributed by atoms with Crippen LogP contribution in [0, 0.1) is 0 Å². The van der Waals surface area contributed by atoms with Gasteiger partial charge in [0, 0.05) is 24.2 Å². The zero-order chi connectivity index (χ0) is 18.5. The van der Waals surface area contributed by atoms with E-state index in [4.69, 9.17) is 14.2 Å². The van der Waals surface area contributed by atoms with Crippen molar-refractivity contribution in [2.24, 2.45) is 0 Å². The fourth-order valence-corrected chi connectivity index (χ4v) is 3.98. The highest BCUT2D eigenvalue weighted by molar-refractivity contribution is 5.96. The van der Waals surface area contributed by atoms with Crippen molar-refractivity contribution in [3.8, 4) is 17.2 Å². The number of carbonyl (C=O) groups is 1. The average molecular weight is 362 g/mol. The van der Waals surface area contributed by atoms with Crippen LogP contribution in [0.5, 0.6) is 17.2 Å². The Bertz CT molecular complexity index is 593. The molecular formula is C20H30N2O4. The lowest BCUT2D eigenvalue weighted by Gasteiger charge is -2.28. The summed E-state index contributed by atoms with van der Waals surface area (Å²) >= 11 is 0. The minimum absolute atomic E-state index is 0.0613. The number of nitrogens with one attached hydrogen (secondary N) is 1. The summed E-state index contributed by atoms with van der Waals surface area (Å²) in [6, 6.07) is 4.20. The Balaban J connectivity index is 1.96. The number of hydrogen-bond donors (Lipinski definition) is 1. The molecule has 6 heteroatoms. The molecule has 2 unspecified atom stereocenters. The smallest absolute Gasteiger partial charge is 0.254 e. The van der Waals surface area contributed by atoms with Gasteiger partial charge in [0.2, 0.25) is 5.75 Å². The van der Waals surface area contributed by atoms with Gasteiger partial charge >= 0.3 is 0 Å². The SMILES string of the molecule is CCOc1cc(C(=O)N2C3CCNCC2CC3)cc(OCC)c1OCC. The molecule has 2 saturated heterocycles. The number of nitrogens with zero attached hydrogens (tertiary/aromatic N) is 1. The van der Waals surface area contributed by atoms with Crippen molar-refractivity contribution in [1.29, 1.82) is 0 Å². The summed E-state index contributed by atoms with van der Waals surface area (Å²) in [5.41, 5.74) is 0.610. The molecule has 0 aliphatic carbocycles. The summed E-state index contributed by atoms with van der Waals surface area (Å²) in [6.45, 7) is 9.13. The van der Waals surface area contributed by atoms with Crippen LogP contribution in [0.15, 0.2) is 12.1 Å². The van der Waals surface area contributed by atoms with Gasteiger partial charge < -0.3 is 24.4 Å². The van der Waals surface area contributed by atoms with E-state index in [-0.39, 0.29) is 11.9 Å². The first-order valence-electron chi connectivity index (χ1n) is 9.79. The number of ether oxygens (including phenoxy) is 3. The van der Waals surface area contributed by atoms with Gasteiger partial charge in [-0.25, -0.2) is 0 Å². The molecule has 2 heterocycles. The maximum Gasteiger partial charge on any atom is 0.254 e. The molecule has 1 N–H and O–H groups in total. The zero-order valence-corrected chi connectivity index (χ0v) is 16.0. The Labute approximate surface area is 155 Å². The van der Waals surface area contributed by atoms with Crippen LogP contribution in [0.1, 0.15) is 50.4 Å². The Kier molecular flexibility index (Phi) is 6.25. The van der Waals surface area contributed by atoms with Gasteiger partial charge in [0.15, 0.2) is 11.5 Å². The molecule has 0 radical (unpaired) electrons. The van der Waals surface area contributed by atoms with E-state index < -0.39 is 0 Å². The van der Waals surface area contributed by atoms with Gasteiger partial charge in [-0.2, -0.15) is 0 Å². The monoisotopic (exact) mass is 362 g/mol. The van der Waals surface area contributed by atoms with Gasteiger partial charge in [0.05, 0.1) is 19.8 Å². The molecule has 1 amide bonds. The predicted molar refractivity (Wildman–Crippen MR) is 100 cm³/mol. The quantitative estimate of drug-likeness (QED) is 0.808. The normalized spacial score (nSPS) is 22.0. The highest BCUT2D eigenvalue weighted by atomic mass is 16.5. The molecule has 3 rings (SSSR count). The third-order valence-electron chi connectivity index (χ3n) is 5.04. The van der Waals surface area contributed by atoms with E-state index >= 15 is 0 Å². The van der Waals surface area contributed by atoms with Gasteiger partial charge in [0.25, 0.3) is 5.91 Å². The van der Waals surface area contributed by atoms with E-state index in [9.17, 15) is 4.79 Å². The minimum atomic E-state index is 0.0613. The number of rotatable bonds is 7. The highest BCUT2D eigenvalue weighted by Crippen LogP contribution is 2.40. The van der Waals surface area contributed by atoms with Gasteiger partial charge in [0.1, 0.15) is 0 Å². The molecule has 2 aliphatic heterocycles. The van der Waals surface area contributed by atoms with Crippen molar-refractivity contribution >= 4 is 5.91 Å². The molecular weight excluding hydrogens is 332 g/mol. The summed E-state index contributed by atoms with van der Waals surface area (Å²) in [5, 5.41) is 3.44. The lowest BCUT2D eigenvalue weighted by molar-refractivity contribution is 0.0679. The van der Waals surface area contributed by atoms with Crippen molar-refractivity contribution in [2.75, 3.05) is 32.9 Å². The van der Waals surface area contributed by atoms with E-state index in [2.05, 4.69) is 10.2 Å². The Hall–Kier alpha value is -1.95. The van der Waals surface area contributed by atoms with Crippen LogP contribution in [-0.2, 0) is 0 Å². The van der Waals surface area contributed by atoms with Crippen molar-refractivity contribution in [2.45, 2.75) is 52.1 Å². The van der Waals surface area contributed by atoms with Crippen LogP contribution < -0.4 is 19.5 Å². The fraction of sp³-hybridized carbons (Fsp3) is 0.650. The van der Waals surface area contributed by atoms with E-state index in [1.807, 2.05) is 20.8 Å². The summed E-state index contributed by atoms with van der Waals surface area (Å²) in [5.74, 6) is 1.78. The standard InChI is InChI=1S/C20H30N2O4/c1-4-24-17-11-14(12-18(25-5-2)19(17)26-6-3)20(23)22-15-7-8-16(22)13-21-10-9-15/h11-12,15-16,21H,4-10,13H2,1-3H3. The molecule has 6 nitrogen and oxygen atoms in total. The van der Waals surface area contributed by atoms with Crippen LogP contribution in [0.3, 0.4) is 0 Å². The molecule has 2 fully saturated rings. The summed E-state index contributed by atoms with van der Waals surface area (Å²) in [7, 11) is 0. The molecule has 144 valence electrons. The van der Waals surface area contributed by atoms with Crippen molar-refractivity contribution in [3.63, 3.8) is 0 Å². The fourth-order valence-electron chi connectivity index (χ4n) is 3.98. The first-order chi connectivity index (χ1) is 12.7. The number of benzene rings is 1. The Morgan fingerprint density at radius 2 is 1.62 bits per heavy atom. The summed E-state index contributed by atoms with van der Waals surface area (Å²) in [4.78, 5) is 15.4. The van der Waals surface area contributed by atoms with Crippen LogP contribution >= 0.6 is 0 Å². The second-order valence-electron chi connectivity index (χ2n) is 6.69. The Morgan fingerprint density at radius 3 is 2.23 bits per heavy atom. The van der Waals surface area contributed by atoms with E-state index in [0.717, 1.165) is 32.4 Å². The zero-order valence-electron chi connectivity index (χ0n) is 16.0. The predicted octanol–water partition coefficient (Wildman–Crippen LogP) is 2.85. The average Bonchev–Trinajstić information content (AvgIpc) is 2.90. The summed E-state index contributed by atoms with van der Waals surface area (Å²) in [6.07, 6.45) is 3.17. The van der Waals surface area contributed by atoms with Crippen LogP contribution in [-0.4, -0.2) is 55.8 Å². The van der Waals surface area contributed by atoms with E-state index in [0.29, 0.717) is 48.7 Å². The summed E-state index contributed by atoms with van der Waals surface area (Å²) < 4.78 is 17.3. The molecule has 26 heavy (non-hydrogen) atoms. The third-order valence-corrected chi connectivity index (χ3v) is 5.04. The minimum Gasteiger partial charge on any atom is -0.490 e. The largest absolute Gasteiger partial charge is 0.490 e. The highest BCUT2D eigenvalue weighted by Gasteiger charge is 2.38. The van der Waals surface area contributed by atoms with E-state index in [1.165, 1.54) is 0 Å². The maximum atomic E-state index is 13.3. The van der Waals surface area contributed by atoms with Crippen LogP contribution in [0.2, 0.25) is 0 Å². The van der Waals surface area contributed by atoms with Crippen molar-refractivity contribution in [3.05, 3.63) is 17.7 Å². The first kappa shape index (κ1) is 18.8.